The number of rotatable bonds is 7. The molecule has 0 aromatic heterocycles. The molecule has 2 rings (SSSR count). The lowest BCUT2D eigenvalue weighted by molar-refractivity contribution is 0.0376. The van der Waals surface area contributed by atoms with E-state index in [1.807, 2.05) is 0 Å². The smallest absolute Gasteiger partial charge is 0.339 e. The second-order valence-electron chi connectivity index (χ2n) is 5.19. The van der Waals surface area contributed by atoms with Crippen LogP contribution < -0.4 is 4.72 Å². The van der Waals surface area contributed by atoms with Crippen LogP contribution >= 0.6 is 0 Å². The fourth-order valence-electron chi connectivity index (χ4n) is 2.39. The lowest BCUT2D eigenvalue weighted by Gasteiger charge is -2.26. The maximum absolute atomic E-state index is 12.4. The molecule has 1 N–H and O–H groups in total. The Morgan fingerprint density at radius 2 is 2.00 bits per heavy atom. The Balaban J connectivity index is 1.92. The number of hydrogen-bond acceptors (Lipinski definition) is 6. The first-order chi connectivity index (χ1) is 11.0. The molecule has 0 spiro atoms. The third-order valence-corrected chi connectivity index (χ3v) is 5.15. The van der Waals surface area contributed by atoms with E-state index >= 15 is 0 Å². The van der Waals surface area contributed by atoms with Gasteiger partial charge in [-0.3, -0.25) is 4.90 Å². The number of methoxy groups -OCH3 is 1. The van der Waals surface area contributed by atoms with Crippen LogP contribution in [0.25, 0.3) is 0 Å². The molecule has 1 aliphatic heterocycles. The molecule has 1 aromatic carbocycles. The summed E-state index contributed by atoms with van der Waals surface area (Å²) in [7, 11) is -2.52. The molecule has 23 heavy (non-hydrogen) atoms. The molecule has 1 aliphatic rings. The summed E-state index contributed by atoms with van der Waals surface area (Å²) in [6, 6.07) is 6.02. The second-order valence-corrected chi connectivity index (χ2v) is 6.93. The van der Waals surface area contributed by atoms with E-state index in [0.29, 0.717) is 13.0 Å². The number of nitrogens with zero attached hydrogens (tertiary/aromatic N) is 1. The maximum Gasteiger partial charge on any atom is 0.339 e. The van der Waals surface area contributed by atoms with Crippen LogP contribution in [0.4, 0.5) is 0 Å². The fraction of sp³-hybridized carbons (Fsp3) is 0.533. The minimum atomic E-state index is -3.74. The van der Waals surface area contributed by atoms with Crippen molar-refractivity contribution in [2.24, 2.45) is 0 Å². The minimum Gasteiger partial charge on any atom is -0.465 e. The summed E-state index contributed by atoms with van der Waals surface area (Å²) in [4.78, 5) is 13.9. The Kier molecular flexibility index (Phi) is 6.52. The van der Waals surface area contributed by atoms with Crippen LogP contribution in [-0.2, 0) is 19.5 Å². The molecule has 1 heterocycles. The van der Waals surface area contributed by atoms with Crippen molar-refractivity contribution in [3.8, 4) is 0 Å². The fourth-order valence-corrected chi connectivity index (χ4v) is 3.66. The molecule has 7 nitrogen and oxygen atoms in total. The van der Waals surface area contributed by atoms with Crippen LogP contribution in [-0.4, -0.2) is 65.8 Å². The molecule has 0 unspecified atom stereocenters. The van der Waals surface area contributed by atoms with Gasteiger partial charge in [0.25, 0.3) is 0 Å². The number of ether oxygens (including phenoxy) is 2. The largest absolute Gasteiger partial charge is 0.465 e. The minimum absolute atomic E-state index is 0.0377. The van der Waals surface area contributed by atoms with Crippen LogP contribution in [0.15, 0.2) is 29.2 Å². The highest BCUT2D eigenvalue weighted by atomic mass is 32.2. The van der Waals surface area contributed by atoms with E-state index in [4.69, 9.17) is 4.74 Å². The number of sulfonamides is 1. The number of nitrogens with one attached hydrogen (secondary N) is 1. The quantitative estimate of drug-likeness (QED) is 0.573. The molecule has 1 fully saturated rings. The number of carbonyl (C=O) groups excluding carboxylic acids is 1. The first-order valence-corrected chi connectivity index (χ1v) is 9.00. The first-order valence-electron chi connectivity index (χ1n) is 7.52. The predicted octanol–water partition coefficient (Wildman–Crippen LogP) is 0.474. The van der Waals surface area contributed by atoms with Gasteiger partial charge in [0.2, 0.25) is 10.0 Å². The molecule has 0 bridgehead atoms. The number of benzene rings is 1. The van der Waals surface area contributed by atoms with Crippen molar-refractivity contribution < 1.29 is 22.7 Å². The van der Waals surface area contributed by atoms with Crippen molar-refractivity contribution in [3.63, 3.8) is 0 Å². The maximum atomic E-state index is 12.4. The van der Waals surface area contributed by atoms with Gasteiger partial charge in [0, 0.05) is 19.6 Å². The van der Waals surface area contributed by atoms with Gasteiger partial charge in [0.05, 0.1) is 30.8 Å². The molecule has 128 valence electrons. The highest BCUT2D eigenvalue weighted by molar-refractivity contribution is 7.89. The summed E-state index contributed by atoms with van der Waals surface area (Å²) in [5, 5.41) is 0. The third-order valence-electron chi connectivity index (χ3n) is 3.63. The Morgan fingerprint density at radius 1 is 1.30 bits per heavy atom. The summed E-state index contributed by atoms with van der Waals surface area (Å²) < 4.78 is 37.2. The highest BCUT2D eigenvalue weighted by Crippen LogP contribution is 2.16. The van der Waals surface area contributed by atoms with Gasteiger partial charge >= 0.3 is 5.97 Å². The van der Waals surface area contributed by atoms with E-state index in [-0.39, 0.29) is 10.5 Å². The van der Waals surface area contributed by atoms with Crippen LogP contribution in [0, 0.1) is 0 Å². The number of carbonyl (C=O) groups is 1. The zero-order valence-corrected chi connectivity index (χ0v) is 14.0. The van der Waals surface area contributed by atoms with Crippen LogP contribution in [0.2, 0.25) is 0 Å². The molecule has 0 amide bonds. The van der Waals surface area contributed by atoms with E-state index < -0.39 is 16.0 Å². The molecule has 0 aliphatic carbocycles. The summed E-state index contributed by atoms with van der Waals surface area (Å²) in [5.41, 5.74) is 0.0377. The summed E-state index contributed by atoms with van der Waals surface area (Å²) in [5.74, 6) is -0.667. The second kappa shape index (κ2) is 8.39. The van der Waals surface area contributed by atoms with E-state index in [2.05, 4.69) is 14.4 Å². The normalized spacial score (nSPS) is 16.2. The van der Waals surface area contributed by atoms with E-state index in [1.165, 1.54) is 19.2 Å². The Bertz CT molecular complexity index is 627. The summed E-state index contributed by atoms with van der Waals surface area (Å²) in [6.07, 6.45) is 0.694. The van der Waals surface area contributed by atoms with Gasteiger partial charge in [-0.2, -0.15) is 0 Å². The standard InChI is InChI=1S/C15H22N2O5S/c1-21-15(18)13-5-2-3-6-14(13)23(19,20)16-7-4-8-17-9-11-22-12-10-17/h2-3,5-6,16H,4,7-12H2,1H3. The lowest BCUT2D eigenvalue weighted by Crippen LogP contribution is -2.38. The topological polar surface area (TPSA) is 84.9 Å². The molecule has 1 aromatic rings. The zero-order chi connectivity index (χ0) is 16.7. The number of morpholine rings is 1. The third kappa shape index (κ3) is 5.00. The van der Waals surface area contributed by atoms with Crippen molar-refractivity contribution in [1.29, 1.82) is 0 Å². The monoisotopic (exact) mass is 342 g/mol. The van der Waals surface area contributed by atoms with Gasteiger partial charge in [-0.05, 0) is 25.1 Å². The Labute approximate surface area is 136 Å². The summed E-state index contributed by atoms with van der Waals surface area (Å²) in [6.45, 7) is 4.31. The van der Waals surface area contributed by atoms with Crippen molar-refractivity contribution in [2.75, 3.05) is 46.5 Å². The van der Waals surface area contributed by atoms with Gasteiger partial charge in [-0.1, -0.05) is 12.1 Å². The van der Waals surface area contributed by atoms with Gasteiger partial charge in [0.1, 0.15) is 0 Å². The molecule has 0 radical (unpaired) electrons. The highest BCUT2D eigenvalue weighted by Gasteiger charge is 2.22. The lowest BCUT2D eigenvalue weighted by atomic mass is 10.2. The zero-order valence-electron chi connectivity index (χ0n) is 13.2. The first kappa shape index (κ1) is 17.9. The summed E-state index contributed by atoms with van der Waals surface area (Å²) >= 11 is 0. The van der Waals surface area contributed by atoms with E-state index in [9.17, 15) is 13.2 Å². The van der Waals surface area contributed by atoms with E-state index in [1.54, 1.807) is 12.1 Å². The van der Waals surface area contributed by atoms with Crippen LogP contribution in [0.3, 0.4) is 0 Å². The molecule has 0 saturated carbocycles. The predicted molar refractivity (Wildman–Crippen MR) is 84.8 cm³/mol. The number of esters is 1. The molecule has 8 heteroatoms. The molecular formula is C15H22N2O5S. The SMILES string of the molecule is COC(=O)c1ccccc1S(=O)(=O)NCCCN1CCOCC1. The molecular weight excluding hydrogens is 320 g/mol. The van der Waals surface area contributed by atoms with Crippen LogP contribution in [0.1, 0.15) is 16.8 Å². The van der Waals surface area contributed by atoms with Crippen molar-refractivity contribution in [1.82, 2.24) is 9.62 Å². The van der Waals surface area contributed by atoms with Gasteiger partial charge in [0.15, 0.2) is 0 Å². The van der Waals surface area contributed by atoms with E-state index in [0.717, 1.165) is 32.8 Å². The molecule has 0 atom stereocenters. The van der Waals surface area contributed by atoms with Crippen molar-refractivity contribution >= 4 is 16.0 Å². The Morgan fingerprint density at radius 3 is 2.70 bits per heavy atom. The van der Waals surface area contributed by atoms with Gasteiger partial charge in [-0.15, -0.1) is 0 Å². The molecule has 1 saturated heterocycles. The average molecular weight is 342 g/mol. The van der Waals surface area contributed by atoms with Gasteiger partial charge < -0.3 is 9.47 Å². The van der Waals surface area contributed by atoms with Gasteiger partial charge in [-0.25, -0.2) is 17.9 Å². The van der Waals surface area contributed by atoms with Crippen molar-refractivity contribution in [3.05, 3.63) is 29.8 Å². The average Bonchev–Trinajstić information content (AvgIpc) is 2.59. The number of hydrogen-bond donors (Lipinski definition) is 1. The van der Waals surface area contributed by atoms with Crippen molar-refractivity contribution in [2.45, 2.75) is 11.3 Å². The van der Waals surface area contributed by atoms with Crippen LogP contribution in [0.5, 0.6) is 0 Å². The Hall–Kier alpha value is -1.48.